The second-order valence-electron chi connectivity index (χ2n) is 5.63. The van der Waals surface area contributed by atoms with Crippen LogP contribution >= 0.6 is 11.6 Å². The highest BCUT2D eigenvalue weighted by Gasteiger charge is 2.21. The van der Waals surface area contributed by atoms with Gasteiger partial charge >= 0.3 is 12.0 Å². The smallest absolute Gasteiger partial charge is 0.319 e. The van der Waals surface area contributed by atoms with Crippen molar-refractivity contribution in [3.05, 3.63) is 28.8 Å². The van der Waals surface area contributed by atoms with Crippen molar-refractivity contribution in [2.24, 2.45) is 0 Å². The molecular formula is C15H20ClN3O4. The molecule has 126 valence electrons. The first-order valence-corrected chi connectivity index (χ1v) is 7.35. The SMILES string of the molecule is CNC(=O)c1ccc(NC(=O)NC(C)(C)CCC(=O)O)cc1Cl. The molecule has 4 N–H and O–H groups in total. The molecule has 1 aromatic rings. The number of anilines is 1. The molecule has 0 aromatic heterocycles. The lowest BCUT2D eigenvalue weighted by atomic mass is 9.99. The molecular weight excluding hydrogens is 322 g/mol. The molecule has 3 amide bonds. The number of aliphatic carboxylic acids is 1. The van der Waals surface area contributed by atoms with Crippen LogP contribution in [0.15, 0.2) is 18.2 Å². The van der Waals surface area contributed by atoms with Crippen molar-refractivity contribution < 1.29 is 19.5 Å². The first-order chi connectivity index (χ1) is 10.6. The van der Waals surface area contributed by atoms with Crippen LogP contribution in [0.2, 0.25) is 5.02 Å². The minimum atomic E-state index is -0.920. The van der Waals surface area contributed by atoms with Crippen LogP contribution in [0.25, 0.3) is 0 Å². The Balaban J connectivity index is 2.69. The second kappa shape index (κ2) is 7.82. The topological polar surface area (TPSA) is 108 Å². The van der Waals surface area contributed by atoms with E-state index in [9.17, 15) is 14.4 Å². The van der Waals surface area contributed by atoms with Crippen LogP contribution in [-0.4, -0.2) is 35.6 Å². The quantitative estimate of drug-likeness (QED) is 0.637. The largest absolute Gasteiger partial charge is 0.481 e. The highest BCUT2D eigenvalue weighted by atomic mass is 35.5. The predicted molar refractivity (Wildman–Crippen MR) is 87.9 cm³/mol. The van der Waals surface area contributed by atoms with Crippen LogP contribution in [-0.2, 0) is 4.79 Å². The summed E-state index contributed by atoms with van der Waals surface area (Å²) in [5.41, 5.74) is 0.0602. The zero-order chi connectivity index (χ0) is 17.6. The van der Waals surface area contributed by atoms with Gasteiger partial charge in [-0.1, -0.05) is 11.6 Å². The Morgan fingerprint density at radius 1 is 1.26 bits per heavy atom. The van der Waals surface area contributed by atoms with Gasteiger partial charge in [-0.3, -0.25) is 9.59 Å². The summed E-state index contributed by atoms with van der Waals surface area (Å²) in [6.07, 6.45) is 0.256. The fourth-order valence-electron chi connectivity index (χ4n) is 1.86. The van der Waals surface area contributed by atoms with Gasteiger partial charge in [0.1, 0.15) is 0 Å². The van der Waals surface area contributed by atoms with Crippen LogP contribution in [0.4, 0.5) is 10.5 Å². The maximum Gasteiger partial charge on any atom is 0.319 e. The molecule has 0 heterocycles. The van der Waals surface area contributed by atoms with E-state index >= 15 is 0 Å². The number of hydrogen-bond donors (Lipinski definition) is 4. The van der Waals surface area contributed by atoms with E-state index in [1.165, 1.54) is 19.2 Å². The van der Waals surface area contributed by atoms with Gasteiger partial charge in [-0.05, 0) is 38.5 Å². The summed E-state index contributed by atoms with van der Waals surface area (Å²) < 4.78 is 0. The number of carbonyl (C=O) groups is 3. The maximum absolute atomic E-state index is 12.0. The molecule has 0 bridgehead atoms. The van der Waals surface area contributed by atoms with Gasteiger partial charge in [-0.25, -0.2) is 4.79 Å². The third kappa shape index (κ3) is 6.15. The molecule has 0 unspecified atom stereocenters. The van der Waals surface area contributed by atoms with E-state index in [0.717, 1.165) is 0 Å². The number of nitrogens with one attached hydrogen (secondary N) is 3. The Hall–Kier alpha value is -2.28. The third-order valence-corrected chi connectivity index (χ3v) is 3.43. The van der Waals surface area contributed by atoms with Gasteiger partial charge in [0.15, 0.2) is 0 Å². The fourth-order valence-corrected chi connectivity index (χ4v) is 2.13. The van der Waals surface area contributed by atoms with Gasteiger partial charge in [-0.15, -0.1) is 0 Å². The van der Waals surface area contributed by atoms with Gasteiger partial charge in [0.05, 0.1) is 10.6 Å². The number of urea groups is 1. The maximum atomic E-state index is 12.0. The van der Waals surface area contributed by atoms with Crippen molar-refractivity contribution >= 4 is 35.2 Å². The number of carbonyl (C=O) groups excluding carboxylic acids is 2. The molecule has 1 aromatic carbocycles. The number of hydrogen-bond acceptors (Lipinski definition) is 3. The first kappa shape index (κ1) is 18.8. The molecule has 0 atom stereocenters. The molecule has 0 spiro atoms. The molecule has 0 aliphatic carbocycles. The average Bonchev–Trinajstić information content (AvgIpc) is 2.44. The highest BCUT2D eigenvalue weighted by molar-refractivity contribution is 6.34. The number of rotatable bonds is 6. The van der Waals surface area contributed by atoms with E-state index in [1.54, 1.807) is 19.9 Å². The van der Waals surface area contributed by atoms with E-state index in [1.807, 2.05) is 0 Å². The Morgan fingerprint density at radius 2 is 1.91 bits per heavy atom. The van der Waals surface area contributed by atoms with Gasteiger partial charge in [0, 0.05) is 24.7 Å². The molecule has 0 fully saturated rings. The first-order valence-electron chi connectivity index (χ1n) is 6.97. The van der Waals surface area contributed by atoms with E-state index in [2.05, 4.69) is 16.0 Å². The Bertz CT molecular complexity index is 617. The van der Waals surface area contributed by atoms with Crippen molar-refractivity contribution in [3.8, 4) is 0 Å². The monoisotopic (exact) mass is 341 g/mol. The number of carboxylic acids is 1. The van der Waals surface area contributed by atoms with Crippen molar-refractivity contribution in [3.63, 3.8) is 0 Å². The Kier molecular flexibility index (Phi) is 6.38. The molecule has 1 rings (SSSR count). The molecule has 23 heavy (non-hydrogen) atoms. The second-order valence-corrected chi connectivity index (χ2v) is 6.04. The number of benzene rings is 1. The Morgan fingerprint density at radius 3 is 2.43 bits per heavy atom. The molecule has 0 aliphatic rings. The standard InChI is InChI=1S/C15H20ClN3O4/c1-15(2,7-6-12(20)21)19-14(23)18-9-4-5-10(11(16)8-9)13(22)17-3/h4-5,8H,6-7H2,1-3H3,(H,17,22)(H,20,21)(H2,18,19,23). The zero-order valence-corrected chi connectivity index (χ0v) is 14.0. The Labute approximate surface area is 139 Å². The number of amides is 3. The number of carboxylic acid groups (broad SMARTS) is 1. The van der Waals surface area contributed by atoms with Gasteiger partial charge in [0.2, 0.25) is 0 Å². The van der Waals surface area contributed by atoms with Crippen LogP contribution in [0.5, 0.6) is 0 Å². The molecule has 7 nitrogen and oxygen atoms in total. The fraction of sp³-hybridized carbons (Fsp3) is 0.400. The lowest BCUT2D eigenvalue weighted by molar-refractivity contribution is -0.137. The summed E-state index contributed by atoms with van der Waals surface area (Å²) in [6, 6.07) is 4.05. The summed E-state index contributed by atoms with van der Waals surface area (Å²) >= 11 is 6.01. The predicted octanol–water partition coefficient (Wildman–Crippen LogP) is 2.46. The minimum Gasteiger partial charge on any atom is -0.481 e. The van der Waals surface area contributed by atoms with Crippen molar-refractivity contribution in [1.29, 1.82) is 0 Å². The van der Waals surface area contributed by atoms with Gasteiger partial charge in [0.25, 0.3) is 5.91 Å². The van der Waals surface area contributed by atoms with Crippen molar-refractivity contribution in [2.75, 3.05) is 12.4 Å². The van der Waals surface area contributed by atoms with Gasteiger partial charge < -0.3 is 21.1 Å². The van der Waals surface area contributed by atoms with E-state index in [-0.39, 0.29) is 17.4 Å². The van der Waals surface area contributed by atoms with E-state index < -0.39 is 17.5 Å². The van der Waals surface area contributed by atoms with E-state index in [0.29, 0.717) is 17.7 Å². The van der Waals surface area contributed by atoms with Crippen LogP contribution in [0, 0.1) is 0 Å². The molecule has 0 saturated carbocycles. The summed E-state index contributed by atoms with van der Waals surface area (Å²) in [7, 11) is 1.50. The molecule has 0 saturated heterocycles. The zero-order valence-electron chi connectivity index (χ0n) is 13.2. The third-order valence-electron chi connectivity index (χ3n) is 3.11. The van der Waals surface area contributed by atoms with Crippen LogP contribution in [0.1, 0.15) is 37.0 Å². The number of halogens is 1. The molecule has 0 radical (unpaired) electrons. The summed E-state index contributed by atoms with van der Waals surface area (Å²) in [5, 5.41) is 16.7. The van der Waals surface area contributed by atoms with Crippen molar-refractivity contribution in [1.82, 2.24) is 10.6 Å². The summed E-state index contributed by atoms with van der Waals surface area (Å²) in [6.45, 7) is 3.47. The van der Waals surface area contributed by atoms with Crippen molar-refractivity contribution in [2.45, 2.75) is 32.2 Å². The highest BCUT2D eigenvalue weighted by Crippen LogP contribution is 2.21. The molecule has 8 heteroatoms. The summed E-state index contributed by atoms with van der Waals surface area (Å²) in [5.74, 6) is -1.24. The minimum absolute atomic E-state index is 0.0417. The lowest BCUT2D eigenvalue weighted by Gasteiger charge is -2.25. The normalized spacial score (nSPS) is 10.8. The van der Waals surface area contributed by atoms with Gasteiger partial charge in [-0.2, -0.15) is 0 Å². The van der Waals surface area contributed by atoms with E-state index in [4.69, 9.17) is 16.7 Å². The average molecular weight is 342 g/mol. The summed E-state index contributed by atoms with van der Waals surface area (Å²) in [4.78, 5) is 34.1. The van der Waals surface area contributed by atoms with Crippen LogP contribution < -0.4 is 16.0 Å². The lowest BCUT2D eigenvalue weighted by Crippen LogP contribution is -2.45. The van der Waals surface area contributed by atoms with Crippen LogP contribution in [0.3, 0.4) is 0 Å². The molecule has 0 aliphatic heterocycles.